The summed E-state index contributed by atoms with van der Waals surface area (Å²) in [5, 5.41) is 3.43. The van der Waals surface area contributed by atoms with Crippen LogP contribution < -0.4 is 5.32 Å². The van der Waals surface area contributed by atoms with Crippen LogP contribution in [0.15, 0.2) is 24.3 Å². The average molecular weight is 235 g/mol. The maximum absolute atomic E-state index is 5.96. The molecule has 0 saturated heterocycles. The number of aryl methyl sites for hydroxylation is 1. The second kappa shape index (κ2) is 7.46. The van der Waals surface area contributed by atoms with Crippen molar-refractivity contribution in [3.63, 3.8) is 0 Å². The van der Waals surface area contributed by atoms with Crippen molar-refractivity contribution in [2.24, 2.45) is 0 Å². The van der Waals surface area contributed by atoms with Gasteiger partial charge in [0.15, 0.2) is 0 Å². The Morgan fingerprint density at radius 1 is 1.18 bits per heavy atom. The van der Waals surface area contributed by atoms with Gasteiger partial charge < -0.3 is 10.1 Å². The summed E-state index contributed by atoms with van der Waals surface area (Å²) in [5.74, 6) is 0. The van der Waals surface area contributed by atoms with Crippen molar-refractivity contribution in [3.05, 3.63) is 35.4 Å². The van der Waals surface area contributed by atoms with E-state index in [1.807, 2.05) is 0 Å². The van der Waals surface area contributed by atoms with Gasteiger partial charge in [0.1, 0.15) is 0 Å². The fourth-order valence-corrected chi connectivity index (χ4v) is 1.76. The quantitative estimate of drug-likeness (QED) is 0.731. The zero-order chi connectivity index (χ0) is 12.7. The summed E-state index contributed by atoms with van der Waals surface area (Å²) in [5.41, 5.74) is 2.55. The number of hydrogen-bond acceptors (Lipinski definition) is 2. The van der Waals surface area contributed by atoms with E-state index in [2.05, 4.69) is 57.3 Å². The normalized spacial score (nSPS) is 13.0. The molecule has 0 aliphatic heterocycles. The molecule has 0 saturated carbocycles. The highest BCUT2D eigenvalue weighted by Gasteiger charge is 2.12. The Balaban J connectivity index is 2.64. The smallest absolute Gasteiger partial charge is 0.0952 e. The van der Waals surface area contributed by atoms with E-state index in [4.69, 9.17) is 4.74 Å². The molecule has 0 spiro atoms. The van der Waals surface area contributed by atoms with Gasteiger partial charge in [0, 0.05) is 6.54 Å². The molecule has 2 heteroatoms. The van der Waals surface area contributed by atoms with Crippen molar-refractivity contribution in [1.82, 2.24) is 5.32 Å². The van der Waals surface area contributed by atoms with Gasteiger partial charge in [0.05, 0.1) is 12.2 Å². The molecule has 1 aromatic carbocycles. The van der Waals surface area contributed by atoms with E-state index in [1.54, 1.807) is 0 Å². The number of ether oxygens (including phenoxy) is 1. The van der Waals surface area contributed by atoms with E-state index in [9.17, 15) is 0 Å². The minimum Gasteiger partial charge on any atom is -0.370 e. The maximum atomic E-state index is 5.96. The van der Waals surface area contributed by atoms with Crippen LogP contribution in [0.1, 0.15) is 44.4 Å². The minimum absolute atomic E-state index is 0.155. The predicted octanol–water partition coefficient (Wildman–Crippen LogP) is 3.46. The standard InChI is InChI=1S/C15H25NO/c1-5-10-16-11-15(17-12(2)3)14-8-6-13(4)7-9-14/h6-9,12,15-16H,5,10-11H2,1-4H3. The topological polar surface area (TPSA) is 21.3 Å². The molecule has 17 heavy (non-hydrogen) atoms. The Kier molecular flexibility index (Phi) is 6.23. The summed E-state index contributed by atoms with van der Waals surface area (Å²) in [6.45, 7) is 10.4. The highest BCUT2D eigenvalue weighted by atomic mass is 16.5. The fourth-order valence-electron chi connectivity index (χ4n) is 1.76. The van der Waals surface area contributed by atoms with Crippen LogP contribution >= 0.6 is 0 Å². The number of hydrogen-bond donors (Lipinski definition) is 1. The summed E-state index contributed by atoms with van der Waals surface area (Å²) in [6, 6.07) is 8.61. The van der Waals surface area contributed by atoms with Crippen LogP contribution in [0, 0.1) is 6.92 Å². The van der Waals surface area contributed by atoms with Gasteiger partial charge >= 0.3 is 0 Å². The zero-order valence-corrected chi connectivity index (χ0v) is 11.5. The summed E-state index contributed by atoms with van der Waals surface area (Å²) in [6.07, 6.45) is 1.56. The monoisotopic (exact) mass is 235 g/mol. The molecule has 1 N–H and O–H groups in total. The minimum atomic E-state index is 0.155. The van der Waals surface area contributed by atoms with Gasteiger partial charge in [-0.05, 0) is 39.3 Å². The second-order valence-electron chi connectivity index (χ2n) is 4.79. The van der Waals surface area contributed by atoms with Gasteiger partial charge in [-0.25, -0.2) is 0 Å². The first-order valence-electron chi connectivity index (χ1n) is 6.56. The Hall–Kier alpha value is -0.860. The van der Waals surface area contributed by atoms with Crippen LogP contribution in [0.25, 0.3) is 0 Å². The number of rotatable bonds is 7. The highest BCUT2D eigenvalue weighted by Crippen LogP contribution is 2.19. The second-order valence-corrected chi connectivity index (χ2v) is 4.79. The SMILES string of the molecule is CCCNCC(OC(C)C)c1ccc(C)cc1. The molecular weight excluding hydrogens is 210 g/mol. The summed E-state index contributed by atoms with van der Waals surface area (Å²) >= 11 is 0. The molecule has 1 unspecified atom stereocenters. The molecule has 0 amide bonds. The fraction of sp³-hybridized carbons (Fsp3) is 0.600. The largest absolute Gasteiger partial charge is 0.370 e. The van der Waals surface area contributed by atoms with E-state index in [0.717, 1.165) is 19.5 Å². The molecule has 0 heterocycles. The molecule has 0 bridgehead atoms. The Morgan fingerprint density at radius 3 is 2.35 bits per heavy atom. The summed E-state index contributed by atoms with van der Waals surface area (Å²) in [4.78, 5) is 0. The van der Waals surface area contributed by atoms with Gasteiger partial charge in [-0.3, -0.25) is 0 Å². The molecule has 0 fully saturated rings. The molecule has 0 aliphatic carbocycles. The zero-order valence-electron chi connectivity index (χ0n) is 11.5. The van der Waals surface area contributed by atoms with E-state index >= 15 is 0 Å². The molecule has 0 aromatic heterocycles. The van der Waals surface area contributed by atoms with E-state index in [1.165, 1.54) is 11.1 Å². The van der Waals surface area contributed by atoms with Crippen molar-refractivity contribution in [2.75, 3.05) is 13.1 Å². The first-order valence-corrected chi connectivity index (χ1v) is 6.56. The van der Waals surface area contributed by atoms with Crippen LogP contribution in [0.3, 0.4) is 0 Å². The van der Waals surface area contributed by atoms with Crippen molar-refractivity contribution in [3.8, 4) is 0 Å². The lowest BCUT2D eigenvalue weighted by Crippen LogP contribution is -2.25. The van der Waals surface area contributed by atoms with Crippen LogP contribution in [-0.4, -0.2) is 19.2 Å². The van der Waals surface area contributed by atoms with Crippen molar-refractivity contribution in [2.45, 2.75) is 46.3 Å². The Morgan fingerprint density at radius 2 is 1.82 bits per heavy atom. The van der Waals surface area contributed by atoms with E-state index in [0.29, 0.717) is 0 Å². The molecule has 2 nitrogen and oxygen atoms in total. The molecular formula is C15H25NO. The Labute approximate surface area is 105 Å². The van der Waals surface area contributed by atoms with Gasteiger partial charge in [0.25, 0.3) is 0 Å². The maximum Gasteiger partial charge on any atom is 0.0952 e. The molecule has 0 aliphatic rings. The molecule has 1 rings (SSSR count). The van der Waals surface area contributed by atoms with Crippen LogP contribution in [0.4, 0.5) is 0 Å². The van der Waals surface area contributed by atoms with Crippen LogP contribution in [0.5, 0.6) is 0 Å². The number of benzene rings is 1. The molecule has 1 aromatic rings. The summed E-state index contributed by atoms with van der Waals surface area (Å²) < 4.78 is 5.96. The van der Waals surface area contributed by atoms with Crippen molar-refractivity contribution >= 4 is 0 Å². The summed E-state index contributed by atoms with van der Waals surface area (Å²) in [7, 11) is 0. The molecule has 0 radical (unpaired) electrons. The van der Waals surface area contributed by atoms with E-state index < -0.39 is 0 Å². The molecule has 1 atom stereocenters. The van der Waals surface area contributed by atoms with Crippen LogP contribution in [-0.2, 0) is 4.74 Å². The average Bonchev–Trinajstić information content (AvgIpc) is 2.28. The third-order valence-corrected chi connectivity index (χ3v) is 2.64. The van der Waals surface area contributed by atoms with Crippen LogP contribution in [0.2, 0.25) is 0 Å². The van der Waals surface area contributed by atoms with Gasteiger partial charge in [-0.1, -0.05) is 36.8 Å². The third kappa shape index (κ3) is 5.33. The first-order chi connectivity index (χ1) is 8.13. The van der Waals surface area contributed by atoms with Gasteiger partial charge in [-0.2, -0.15) is 0 Å². The first kappa shape index (κ1) is 14.2. The predicted molar refractivity (Wildman–Crippen MR) is 73.3 cm³/mol. The highest BCUT2D eigenvalue weighted by molar-refractivity contribution is 5.23. The van der Waals surface area contributed by atoms with E-state index in [-0.39, 0.29) is 12.2 Å². The van der Waals surface area contributed by atoms with Crippen molar-refractivity contribution < 1.29 is 4.74 Å². The number of nitrogens with one attached hydrogen (secondary N) is 1. The Bertz CT molecular complexity index is 305. The van der Waals surface area contributed by atoms with Gasteiger partial charge in [0.2, 0.25) is 0 Å². The lowest BCUT2D eigenvalue weighted by Gasteiger charge is -2.21. The van der Waals surface area contributed by atoms with Gasteiger partial charge in [-0.15, -0.1) is 0 Å². The lowest BCUT2D eigenvalue weighted by atomic mass is 10.1. The van der Waals surface area contributed by atoms with Crippen molar-refractivity contribution in [1.29, 1.82) is 0 Å². The molecule has 96 valence electrons. The lowest BCUT2D eigenvalue weighted by molar-refractivity contribution is 0.00723. The third-order valence-electron chi connectivity index (χ3n) is 2.64.